The Balaban J connectivity index is 0.000000323. The summed E-state index contributed by atoms with van der Waals surface area (Å²) in [7, 11) is 24.4. The zero-order valence-electron chi connectivity index (χ0n) is 88.2. The Labute approximate surface area is 847 Å². The Hall–Kier alpha value is -15.0. The number of nitrogens with two attached hydrogens (primary N) is 1. The van der Waals surface area contributed by atoms with Gasteiger partial charge in [-0.25, -0.2) is 24.1 Å². The molecule has 4 aliphatic rings. The number of ether oxygens (including phenoxy) is 21. The molecule has 4 atom stereocenters. The van der Waals surface area contributed by atoms with E-state index in [1.54, 1.807) is 190 Å². The van der Waals surface area contributed by atoms with Gasteiger partial charge in [0, 0.05) is 43.6 Å². The summed E-state index contributed by atoms with van der Waals surface area (Å²) in [6.07, 6.45) is -4.55. The molecule has 0 aliphatic heterocycles. The molecule has 0 spiro atoms. The lowest BCUT2D eigenvalue weighted by atomic mass is 9.95. The molecule has 12 rings (SSSR count). The highest BCUT2D eigenvalue weighted by atomic mass is 19.4. The molecule has 0 fully saturated rings. The molecule has 4 amide bonds. The van der Waals surface area contributed by atoms with Crippen LogP contribution in [0.2, 0.25) is 0 Å². The lowest BCUT2D eigenvalue weighted by Crippen LogP contribution is -2.42. The smallest absolute Gasteiger partial charge is 0.493 e. The molecule has 7 N–H and O–H groups in total. The number of fused-ring (bicyclic) bond motifs is 12. The number of imide groups is 1. The Kier molecular flexibility index (Phi) is 42.7. The maximum absolute atomic E-state index is 13.2. The summed E-state index contributed by atoms with van der Waals surface area (Å²) in [5.74, 6) is 6.12. The minimum atomic E-state index is -4.64. The fraction of sp³-hybridized carbons (Fsp3) is 0.443. The fourth-order valence-electron chi connectivity index (χ4n) is 16.5. The molecule has 8 aromatic carbocycles. The third-order valence-electron chi connectivity index (χ3n) is 22.3. The maximum Gasteiger partial charge on any atom is 0.519 e. The summed E-state index contributed by atoms with van der Waals surface area (Å²) in [6, 6.07) is 25.4. The molecule has 8 aromatic rings. The average Bonchev–Trinajstić information content (AvgIpc) is 1.64. The molecule has 798 valence electrons. The van der Waals surface area contributed by atoms with Crippen molar-refractivity contribution < 1.29 is 148 Å². The summed E-state index contributed by atoms with van der Waals surface area (Å²) in [5, 5.41) is 5.90. The number of alkyl halides is 3. The molecule has 0 heterocycles. The van der Waals surface area contributed by atoms with E-state index in [2.05, 4.69) is 15.4 Å². The molecule has 0 aromatic heterocycles. The molecule has 0 radical (unpaired) electrons. The van der Waals surface area contributed by atoms with E-state index in [1.165, 1.54) is 81.8 Å². The number of rotatable bonds is 19. The van der Waals surface area contributed by atoms with Crippen molar-refractivity contribution in [3.8, 4) is 136 Å². The summed E-state index contributed by atoms with van der Waals surface area (Å²) in [4.78, 5) is 133. The summed E-state index contributed by atoms with van der Waals surface area (Å²) < 4.78 is 144. The lowest BCUT2D eigenvalue weighted by Gasteiger charge is -2.31. The van der Waals surface area contributed by atoms with Crippen LogP contribution in [0.15, 0.2) is 116 Å². The van der Waals surface area contributed by atoms with Crippen LogP contribution in [0.25, 0.3) is 44.5 Å². The monoisotopic (exact) mass is 2050 g/mol. The second-order valence-electron chi connectivity index (χ2n) is 36.6. The lowest BCUT2D eigenvalue weighted by molar-refractivity contribution is -0.156. The number of nitrogens with zero attached hydrogens (tertiary/aromatic N) is 1. The van der Waals surface area contributed by atoms with Crippen LogP contribution in [-0.2, 0) is 63.8 Å². The topological polar surface area (TPSA) is 470 Å². The van der Waals surface area contributed by atoms with Crippen LogP contribution in [0.5, 0.6) is 92.0 Å². The SMILES string of the molecule is CC(C)(C)OC(=O)OC(=O)OC(C)(C)C.COc1cc2c(c(OC)c1OC)-c1ccc(OC)c(=O)cc1[C@@H](N(C(C)=O)C(=O)OC(C)(C)C)CC2.COc1cc2c(c(OC)c1OC)-c1ccc(OC)c(=O)cc1[C@@H](N)CC2.COc1cc2c(c(OC)c1OC)-c1ccc(OC)c(=O)cc1[C@@H](NC(=O)OC(C)(C)C)CC2.COc1cc2c(c(OC)c1OC)-c1ccc(OC)c(=O)cc1[C@@H](NC(C)=O)CC2.N.O=CC(F)(F)F.[HH]. The zero-order valence-corrected chi connectivity index (χ0v) is 88.2. The van der Waals surface area contributed by atoms with Crippen molar-refractivity contribution in [1.82, 2.24) is 21.7 Å². The molecule has 146 heavy (non-hydrogen) atoms. The third kappa shape index (κ3) is 30.3. The Morgan fingerprint density at radius 2 is 0.610 bits per heavy atom. The number of benzene rings is 4. The van der Waals surface area contributed by atoms with Crippen LogP contribution in [-0.4, -0.2) is 190 Å². The number of halogens is 3. The standard InChI is InChI=1S/C27H33NO8.C25H31NO7.C22H25NO6.C20H23NO5.C10H18O5.C2HF3O.H3N.H2/c1-15(29)28(26(31)36-27(2,3)4)19-11-9-16-13-22(33-6)24(34-7)25(35-8)23(16)17-10-12-21(32-5)20(30)14-18(17)19;1-25(2,3)33-24(28)26-17-10-8-14-12-20(30-5)22(31-6)23(32-7)21(14)15-9-11-19(29-4)18(27)13-16(15)17;1-12(24)23-16-8-6-13-10-19(27-3)21(28-4)22(29-5)20(13)14-7-9-18(26-2)17(25)11-15(14)16;1-23-16-8-6-12-13(10-15(16)22)14(21)7-5-11-9-17(24-2)19(25-3)20(26-4)18(11)12;1-9(2,3)14-7(11)13-8(12)15-10(4,5)6;3-2(4,5)1-6;;/h10,12-14,19H,9,11H2,1-8H3;9,11-13,17H,8,10H2,1-7H3,(H,26,28);7,9-11,16H,6,8H2,1-5H3,(H,23,24);6,8-10,14H,5,7,21H2,1-4H3;1-6H3;1H;1H3;1H/t19-;17-;16-;14-;;;;/m0000..../s1. The van der Waals surface area contributed by atoms with Gasteiger partial charge in [0.1, 0.15) is 22.4 Å². The van der Waals surface area contributed by atoms with Gasteiger partial charge in [0.25, 0.3) is 0 Å². The van der Waals surface area contributed by atoms with Crippen molar-refractivity contribution >= 4 is 42.6 Å². The quantitative estimate of drug-likeness (QED) is 0.0253. The van der Waals surface area contributed by atoms with E-state index in [-0.39, 0.29) is 70.3 Å². The molecule has 0 unspecified atom stereocenters. The second-order valence-corrected chi connectivity index (χ2v) is 36.6. The van der Waals surface area contributed by atoms with Gasteiger partial charge in [-0.1, -0.05) is 24.3 Å². The van der Waals surface area contributed by atoms with Crippen LogP contribution < -0.4 is 120 Å². The van der Waals surface area contributed by atoms with Gasteiger partial charge >= 0.3 is 30.7 Å². The predicted molar refractivity (Wildman–Crippen MR) is 541 cm³/mol. The largest absolute Gasteiger partial charge is 0.519 e. The first kappa shape index (κ1) is 120. The Morgan fingerprint density at radius 3 is 0.877 bits per heavy atom. The van der Waals surface area contributed by atoms with Crippen molar-refractivity contribution in [3.05, 3.63) is 182 Å². The number of alkyl carbamates (subject to hydrolysis) is 1. The van der Waals surface area contributed by atoms with Crippen LogP contribution in [0.4, 0.5) is 32.3 Å². The number of methoxy groups -OCH3 is 16. The van der Waals surface area contributed by atoms with Crippen molar-refractivity contribution in [2.24, 2.45) is 5.73 Å². The fourth-order valence-corrected chi connectivity index (χ4v) is 16.5. The van der Waals surface area contributed by atoms with Crippen molar-refractivity contribution in [2.75, 3.05) is 114 Å². The number of carbonyl (C=O) groups is 7. The molecule has 0 saturated heterocycles. The molecule has 37 nitrogen and oxygen atoms in total. The number of aldehydes is 1. The van der Waals surface area contributed by atoms with Crippen LogP contribution in [0.1, 0.15) is 193 Å². The van der Waals surface area contributed by atoms with Gasteiger partial charge in [0.05, 0.1) is 132 Å². The van der Waals surface area contributed by atoms with Crippen LogP contribution in [0.3, 0.4) is 0 Å². The minimum absolute atomic E-state index is 0. The van der Waals surface area contributed by atoms with Gasteiger partial charge in [-0.15, -0.1) is 0 Å². The van der Waals surface area contributed by atoms with Crippen LogP contribution >= 0.6 is 0 Å². The number of hydrogen-bond acceptors (Lipinski definition) is 34. The molecular weight excluding hydrogens is 1910 g/mol. The normalized spacial score (nSPS) is 14.3. The van der Waals surface area contributed by atoms with E-state index in [1.807, 2.05) is 36.4 Å². The first-order valence-corrected chi connectivity index (χ1v) is 45.6. The summed E-state index contributed by atoms with van der Waals surface area (Å²) in [5.41, 5.74) is 14.8. The number of aryl methyl sites for hydroxylation is 4. The molecule has 4 aliphatic carbocycles. The highest BCUT2D eigenvalue weighted by Crippen LogP contribution is 2.56. The van der Waals surface area contributed by atoms with Gasteiger partial charge in [-0.3, -0.25) is 33.6 Å². The summed E-state index contributed by atoms with van der Waals surface area (Å²) >= 11 is 0. The van der Waals surface area contributed by atoms with Crippen molar-refractivity contribution in [1.29, 1.82) is 0 Å². The van der Waals surface area contributed by atoms with Gasteiger partial charge < -0.3 is 122 Å². The van der Waals surface area contributed by atoms with E-state index in [4.69, 9.17) is 105 Å². The van der Waals surface area contributed by atoms with E-state index in [9.17, 15) is 61.1 Å². The number of carbonyl (C=O) groups excluding carboxylic acids is 7. The molecular formula is C106H136F3N5O32. The summed E-state index contributed by atoms with van der Waals surface area (Å²) in [6.45, 7) is 23.4. The van der Waals surface area contributed by atoms with Crippen molar-refractivity contribution in [2.45, 2.75) is 201 Å². The van der Waals surface area contributed by atoms with E-state index in [0.29, 0.717) is 142 Å². The van der Waals surface area contributed by atoms with E-state index < -0.39 is 77.4 Å². The highest BCUT2D eigenvalue weighted by Gasteiger charge is 2.40. The first-order valence-electron chi connectivity index (χ1n) is 45.6. The first-order chi connectivity index (χ1) is 68.1. The highest BCUT2D eigenvalue weighted by molar-refractivity contribution is 5.93. The molecule has 0 saturated carbocycles. The van der Waals surface area contributed by atoms with Gasteiger partial charge in [0.2, 0.25) is 62.8 Å². The molecule has 40 heteroatoms. The van der Waals surface area contributed by atoms with Crippen molar-refractivity contribution in [3.63, 3.8) is 0 Å². The van der Waals surface area contributed by atoms with Gasteiger partial charge in [-0.05, 0) is 274 Å². The van der Waals surface area contributed by atoms with E-state index in [0.717, 1.165) is 72.5 Å². The van der Waals surface area contributed by atoms with Crippen LogP contribution in [0, 0.1) is 0 Å². The number of hydrogen-bond donors (Lipinski definition) is 4. The van der Waals surface area contributed by atoms with E-state index >= 15 is 0 Å². The van der Waals surface area contributed by atoms with Gasteiger partial charge in [-0.2, -0.15) is 13.2 Å². The Morgan fingerprint density at radius 1 is 0.349 bits per heavy atom. The average molecular weight is 2050 g/mol. The maximum atomic E-state index is 13.2. The minimum Gasteiger partial charge on any atom is -0.493 e. The zero-order chi connectivity index (χ0) is 109. The van der Waals surface area contributed by atoms with Gasteiger partial charge in [0.15, 0.2) is 69.0 Å². The number of nitrogens with one attached hydrogen (secondary N) is 2. The Bertz CT molecular complexity index is 6290. The molecule has 0 bridgehead atoms. The second kappa shape index (κ2) is 52.0. The number of amides is 4. The third-order valence-corrected chi connectivity index (χ3v) is 22.3. The predicted octanol–water partition coefficient (Wildman–Crippen LogP) is 18.4.